The number of amides is 1. The third-order valence-corrected chi connectivity index (χ3v) is 3.70. The fourth-order valence-electron chi connectivity index (χ4n) is 2.32. The van der Waals surface area contributed by atoms with E-state index >= 15 is 0 Å². The van der Waals surface area contributed by atoms with Gasteiger partial charge in [0.25, 0.3) is 0 Å². The Balaban J connectivity index is 1.72. The summed E-state index contributed by atoms with van der Waals surface area (Å²) in [6.07, 6.45) is 4.78. The number of hydrogen-bond acceptors (Lipinski definition) is 2. The first kappa shape index (κ1) is 15.1. The molecule has 0 aliphatic carbocycles. The Kier molecular flexibility index (Phi) is 6.09. The molecule has 0 spiro atoms. The van der Waals surface area contributed by atoms with Gasteiger partial charge in [-0.3, -0.25) is 9.69 Å². The van der Waals surface area contributed by atoms with Gasteiger partial charge < -0.3 is 4.90 Å². The predicted octanol–water partition coefficient (Wildman–Crippen LogP) is 2.47. The summed E-state index contributed by atoms with van der Waals surface area (Å²) < 4.78 is 0. The molecule has 3 nitrogen and oxygen atoms in total. The van der Waals surface area contributed by atoms with Crippen molar-refractivity contribution in [3.8, 4) is 0 Å². The normalized spacial score (nSPS) is 16.8. The standard InChI is InChI=1S/C16H21ClN2O/c17-9-8-16(20)19-13-11-18(12-14-19)10-4-7-15-5-2-1-3-6-15/h1-7H,8-14H2. The minimum absolute atomic E-state index is 0.180. The molecule has 2 rings (SSSR count). The van der Waals surface area contributed by atoms with Gasteiger partial charge in [0.15, 0.2) is 0 Å². The van der Waals surface area contributed by atoms with Crippen LogP contribution in [0.1, 0.15) is 12.0 Å². The lowest BCUT2D eigenvalue weighted by Crippen LogP contribution is -2.48. The summed E-state index contributed by atoms with van der Waals surface area (Å²) >= 11 is 5.60. The van der Waals surface area contributed by atoms with Crippen molar-refractivity contribution in [2.24, 2.45) is 0 Å². The molecule has 20 heavy (non-hydrogen) atoms. The zero-order valence-corrected chi connectivity index (χ0v) is 12.4. The Bertz CT molecular complexity index is 439. The molecule has 1 fully saturated rings. The molecule has 1 aliphatic rings. The van der Waals surface area contributed by atoms with Crippen LogP contribution < -0.4 is 0 Å². The van der Waals surface area contributed by atoms with E-state index in [-0.39, 0.29) is 5.91 Å². The smallest absolute Gasteiger partial charge is 0.223 e. The Hall–Kier alpha value is -1.32. The molecule has 0 N–H and O–H groups in total. The lowest BCUT2D eigenvalue weighted by atomic mass is 10.2. The van der Waals surface area contributed by atoms with E-state index in [9.17, 15) is 4.79 Å². The Morgan fingerprint density at radius 3 is 2.50 bits per heavy atom. The van der Waals surface area contributed by atoms with E-state index in [0.717, 1.165) is 32.7 Å². The summed E-state index contributed by atoms with van der Waals surface area (Å²) in [5.74, 6) is 0.596. The average molecular weight is 293 g/mol. The summed E-state index contributed by atoms with van der Waals surface area (Å²) in [6.45, 7) is 4.44. The van der Waals surface area contributed by atoms with Crippen LogP contribution in [-0.4, -0.2) is 54.3 Å². The maximum atomic E-state index is 11.7. The van der Waals surface area contributed by atoms with Crippen LogP contribution in [0, 0.1) is 0 Å². The van der Waals surface area contributed by atoms with Gasteiger partial charge in [-0.2, -0.15) is 0 Å². The highest BCUT2D eigenvalue weighted by atomic mass is 35.5. The Morgan fingerprint density at radius 1 is 1.15 bits per heavy atom. The maximum Gasteiger partial charge on any atom is 0.223 e. The zero-order chi connectivity index (χ0) is 14.2. The lowest BCUT2D eigenvalue weighted by molar-refractivity contribution is -0.132. The van der Waals surface area contributed by atoms with Crippen LogP contribution >= 0.6 is 11.6 Å². The van der Waals surface area contributed by atoms with Crippen molar-refractivity contribution in [1.82, 2.24) is 9.80 Å². The fourth-order valence-corrected chi connectivity index (χ4v) is 2.48. The highest BCUT2D eigenvalue weighted by Crippen LogP contribution is 2.06. The van der Waals surface area contributed by atoms with Crippen molar-refractivity contribution < 1.29 is 4.79 Å². The van der Waals surface area contributed by atoms with Crippen LogP contribution in [0.5, 0.6) is 0 Å². The Labute approximate surface area is 125 Å². The summed E-state index contributed by atoms with van der Waals surface area (Å²) in [5.41, 5.74) is 1.23. The summed E-state index contributed by atoms with van der Waals surface area (Å²) in [5, 5.41) is 0. The van der Waals surface area contributed by atoms with Crippen molar-refractivity contribution in [2.45, 2.75) is 6.42 Å². The largest absolute Gasteiger partial charge is 0.340 e. The molecule has 1 saturated heterocycles. The van der Waals surface area contributed by atoms with Gasteiger partial charge in [-0.05, 0) is 5.56 Å². The molecule has 1 aromatic rings. The van der Waals surface area contributed by atoms with Gasteiger partial charge in [-0.25, -0.2) is 0 Å². The van der Waals surface area contributed by atoms with E-state index in [1.54, 1.807) is 0 Å². The molecule has 1 amide bonds. The average Bonchev–Trinajstić information content (AvgIpc) is 2.49. The topological polar surface area (TPSA) is 23.6 Å². The molecule has 1 heterocycles. The van der Waals surface area contributed by atoms with Gasteiger partial charge in [0, 0.05) is 45.0 Å². The molecule has 4 heteroatoms. The minimum atomic E-state index is 0.180. The molecule has 0 aromatic heterocycles. The van der Waals surface area contributed by atoms with Crippen molar-refractivity contribution in [2.75, 3.05) is 38.6 Å². The van der Waals surface area contributed by atoms with E-state index < -0.39 is 0 Å². The van der Waals surface area contributed by atoms with Crippen LogP contribution in [0.15, 0.2) is 36.4 Å². The third-order valence-electron chi connectivity index (χ3n) is 3.51. The second-order valence-electron chi connectivity index (χ2n) is 4.93. The van der Waals surface area contributed by atoms with E-state index in [4.69, 9.17) is 11.6 Å². The summed E-state index contributed by atoms with van der Waals surface area (Å²) in [6, 6.07) is 10.3. The van der Waals surface area contributed by atoms with Crippen LogP contribution in [0.2, 0.25) is 0 Å². The molecular weight excluding hydrogens is 272 g/mol. The van der Waals surface area contributed by atoms with Gasteiger partial charge >= 0.3 is 0 Å². The molecule has 0 radical (unpaired) electrons. The van der Waals surface area contributed by atoms with Crippen molar-refractivity contribution in [1.29, 1.82) is 0 Å². The van der Waals surface area contributed by atoms with E-state index in [0.29, 0.717) is 12.3 Å². The number of alkyl halides is 1. The maximum absolute atomic E-state index is 11.7. The predicted molar refractivity (Wildman–Crippen MR) is 83.8 cm³/mol. The van der Waals surface area contributed by atoms with Gasteiger partial charge in [0.2, 0.25) is 5.91 Å². The number of carbonyl (C=O) groups excluding carboxylic acids is 1. The first-order valence-corrected chi connectivity index (χ1v) is 7.61. The molecule has 0 unspecified atom stereocenters. The number of piperazine rings is 1. The highest BCUT2D eigenvalue weighted by Gasteiger charge is 2.19. The van der Waals surface area contributed by atoms with Gasteiger partial charge in [-0.1, -0.05) is 42.5 Å². The second-order valence-corrected chi connectivity index (χ2v) is 5.31. The minimum Gasteiger partial charge on any atom is -0.340 e. The quantitative estimate of drug-likeness (QED) is 0.779. The molecule has 108 valence electrons. The van der Waals surface area contributed by atoms with E-state index in [1.807, 2.05) is 23.1 Å². The van der Waals surface area contributed by atoms with Crippen molar-refractivity contribution >= 4 is 23.6 Å². The van der Waals surface area contributed by atoms with Crippen LogP contribution in [0.25, 0.3) is 6.08 Å². The number of rotatable bonds is 5. The molecule has 1 aromatic carbocycles. The van der Waals surface area contributed by atoms with E-state index in [2.05, 4.69) is 29.2 Å². The fraction of sp³-hybridized carbons (Fsp3) is 0.438. The second kappa shape index (κ2) is 8.08. The SMILES string of the molecule is O=C(CCCl)N1CCN(CC=Cc2ccccc2)CC1. The molecule has 0 saturated carbocycles. The monoisotopic (exact) mass is 292 g/mol. The number of halogens is 1. The first-order chi connectivity index (χ1) is 9.79. The molecule has 0 bridgehead atoms. The van der Waals surface area contributed by atoms with Crippen LogP contribution in [-0.2, 0) is 4.79 Å². The van der Waals surface area contributed by atoms with Crippen molar-refractivity contribution in [3.63, 3.8) is 0 Å². The highest BCUT2D eigenvalue weighted by molar-refractivity contribution is 6.18. The van der Waals surface area contributed by atoms with Gasteiger partial charge in [-0.15, -0.1) is 11.6 Å². The molecular formula is C16H21ClN2O. The molecule has 1 aliphatic heterocycles. The van der Waals surface area contributed by atoms with Crippen LogP contribution in [0.4, 0.5) is 0 Å². The van der Waals surface area contributed by atoms with E-state index in [1.165, 1.54) is 5.56 Å². The molecule has 0 atom stereocenters. The number of hydrogen-bond donors (Lipinski definition) is 0. The van der Waals surface area contributed by atoms with Crippen molar-refractivity contribution in [3.05, 3.63) is 42.0 Å². The van der Waals surface area contributed by atoms with Gasteiger partial charge in [0.05, 0.1) is 0 Å². The summed E-state index contributed by atoms with van der Waals surface area (Å²) in [4.78, 5) is 16.0. The Morgan fingerprint density at radius 2 is 1.85 bits per heavy atom. The summed E-state index contributed by atoms with van der Waals surface area (Å²) in [7, 11) is 0. The van der Waals surface area contributed by atoms with Crippen LogP contribution in [0.3, 0.4) is 0 Å². The third kappa shape index (κ3) is 4.66. The number of nitrogens with zero attached hydrogens (tertiary/aromatic N) is 2. The van der Waals surface area contributed by atoms with Gasteiger partial charge in [0.1, 0.15) is 0 Å². The first-order valence-electron chi connectivity index (χ1n) is 7.07. The lowest BCUT2D eigenvalue weighted by Gasteiger charge is -2.34. The number of benzene rings is 1. The number of carbonyl (C=O) groups is 1. The zero-order valence-electron chi connectivity index (χ0n) is 11.7.